The van der Waals surface area contributed by atoms with Crippen molar-refractivity contribution in [2.75, 3.05) is 0 Å². The summed E-state index contributed by atoms with van der Waals surface area (Å²) in [6, 6.07) is 6.43. The molecule has 0 N–H and O–H groups in total. The summed E-state index contributed by atoms with van der Waals surface area (Å²) in [5, 5.41) is 28.4. The minimum absolute atomic E-state index is 0.270. The van der Waals surface area contributed by atoms with Gasteiger partial charge in [0.25, 0.3) is 0 Å². The van der Waals surface area contributed by atoms with Crippen LogP contribution in [0.5, 0.6) is 0 Å². The van der Waals surface area contributed by atoms with Gasteiger partial charge in [-0.25, -0.2) is 0 Å². The molecule has 0 heterocycles. The van der Waals surface area contributed by atoms with E-state index in [1.807, 2.05) is 0 Å². The maximum atomic E-state index is 9.48. The summed E-state index contributed by atoms with van der Waals surface area (Å²) in [6.45, 7) is 6.24. The summed E-state index contributed by atoms with van der Waals surface area (Å²) in [5.41, 5.74) is 4.21. The van der Waals surface area contributed by atoms with Gasteiger partial charge < -0.3 is 0 Å². The van der Waals surface area contributed by atoms with Crippen LogP contribution in [0.15, 0.2) is 0 Å². The van der Waals surface area contributed by atoms with E-state index < -0.39 is 0 Å². The van der Waals surface area contributed by atoms with Gasteiger partial charge in [0.1, 0.15) is 18.2 Å². The Hall–Kier alpha value is -2.31. The summed E-state index contributed by atoms with van der Waals surface area (Å²) >= 11 is 0. The molecule has 0 aliphatic rings. The predicted octanol–water partition coefficient (Wildman–Crippen LogP) is 4.16. The van der Waals surface area contributed by atoms with Gasteiger partial charge >= 0.3 is 0 Å². The Balaban J connectivity index is 3.85. The molecule has 1 rings (SSSR count). The van der Waals surface area contributed by atoms with Crippen LogP contribution in [0.3, 0.4) is 0 Å². The zero-order chi connectivity index (χ0) is 15.8. The fourth-order valence-electron chi connectivity index (χ4n) is 2.87. The molecule has 1 aromatic rings. The van der Waals surface area contributed by atoms with Crippen LogP contribution in [-0.4, -0.2) is 0 Å². The van der Waals surface area contributed by atoms with E-state index in [9.17, 15) is 15.8 Å². The molecule has 0 radical (unpaired) electrons. The van der Waals surface area contributed by atoms with Crippen molar-refractivity contribution in [2.45, 2.75) is 59.3 Å². The molecule has 108 valence electrons. The lowest BCUT2D eigenvalue weighted by atomic mass is 9.83. The van der Waals surface area contributed by atoms with Crippen LogP contribution in [-0.2, 0) is 19.3 Å². The number of hydrogen-bond donors (Lipinski definition) is 0. The molecular formula is C18H21N3. The third-order valence-corrected chi connectivity index (χ3v) is 3.67. The normalized spacial score (nSPS) is 9.71. The molecule has 0 aromatic heterocycles. The van der Waals surface area contributed by atoms with Gasteiger partial charge in [-0.3, -0.25) is 0 Å². The molecule has 0 fully saturated rings. The van der Waals surface area contributed by atoms with E-state index in [1.165, 1.54) is 0 Å². The minimum Gasteiger partial charge on any atom is -0.192 e. The highest BCUT2D eigenvalue weighted by Crippen LogP contribution is 2.30. The van der Waals surface area contributed by atoms with Crippen LogP contribution in [0, 0.1) is 34.0 Å². The second-order valence-electron chi connectivity index (χ2n) is 5.15. The molecular weight excluding hydrogens is 258 g/mol. The third kappa shape index (κ3) is 3.24. The molecule has 0 amide bonds. The monoisotopic (exact) mass is 279 g/mol. The van der Waals surface area contributed by atoms with Crippen LogP contribution >= 0.6 is 0 Å². The highest BCUT2D eigenvalue weighted by molar-refractivity contribution is 5.65. The van der Waals surface area contributed by atoms with Crippen molar-refractivity contribution < 1.29 is 0 Å². The average molecular weight is 279 g/mol. The average Bonchev–Trinajstić information content (AvgIpc) is 2.50. The molecule has 1 aromatic carbocycles. The van der Waals surface area contributed by atoms with Crippen LogP contribution in [0.4, 0.5) is 0 Å². The minimum atomic E-state index is 0.270. The van der Waals surface area contributed by atoms with E-state index >= 15 is 0 Å². The van der Waals surface area contributed by atoms with Crippen molar-refractivity contribution >= 4 is 0 Å². The second-order valence-corrected chi connectivity index (χ2v) is 5.15. The van der Waals surface area contributed by atoms with Gasteiger partial charge in [0, 0.05) is 0 Å². The molecule has 0 atom stereocenters. The fraction of sp³-hybridized carbons (Fsp3) is 0.500. The van der Waals surface area contributed by atoms with Gasteiger partial charge in [-0.2, -0.15) is 15.8 Å². The second kappa shape index (κ2) is 8.08. The van der Waals surface area contributed by atoms with Crippen LogP contribution < -0.4 is 0 Å². The Bertz CT molecular complexity index is 591. The van der Waals surface area contributed by atoms with Gasteiger partial charge in [-0.1, -0.05) is 40.0 Å². The highest BCUT2D eigenvalue weighted by Gasteiger charge is 2.22. The summed E-state index contributed by atoms with van der Waals surface area (Å²) in [5.74, 6) is 0. The van der Waals surface area contributed by atoms with Crippen molar-refractivity contribution in [2.24, 2.45) is 0 Å². The van der Waals surface area contributed by atoms with E-state index in [2.05, 4.69) is 39.0 Å². The highest BCUT2D eigenvalue weighted by atomic mass is 14.3. The molecule has 3 heteroatoms. The van der Waals surface area contributed by atoms with Crippen molar-refractivity contribution in [1.29, 1.82) is 15.8 Å². The van der Waals surface area contributed by atoms with Crippen molar-refractivity contribution in [3.63, 3.8) is 0 Å². The molecule has 0 spiro atoms. The molecule has 0 saturated carbocycles. The lowest BCUT2D eigenvalue weighted by Crippen LogP contribution is -2.10. The maximum absolute atomic E-state index is 9.48. The lowest BCUT2D eigenvalue weighted by molar-refractivity contribution is 0.820. The van der Waals surface area contributed by atoms with E-state index in [-0.39, 0.29) is 5.56 Å². The zero-order valence-electron chi connectivity index (χ0n) is 13.1. The van der Waals surface area contributed by atoms with Crippen LogP contribution in [0.25, 0.3) is 0 Å². The summed E-state index contributed by atoms with van der Waals surface area (Å²) in [6.07, 6.45) is 5.25. The van der Waals surface area contributed by atoms with E-state index in [4.69, 9.17) is 0 Å². The first kappa shape index (κ1) is 16.7. The Morgan fingerprint density at radius 3 is 1.19 bits per heavy atom. The lowest BCUT2D eigenvalue weighted by Gasteiger charge is -2.19. The molecule has 3 nitrogen and oxygen atoms in total. The molecule has 21 heavy (non-hydrogen) atoms. The first-order valence-corrected chi connectivity index (χ1v) is 7.60. The largest absolute Gasteiger partial charge is 0.192 e. The number of benzene rings is 1. The van der Waals surface area contributed by atoms with Gasteiger partial charge in [0.2, 0.25) is 0 Å². The van der Waals surface area contributed by atoms with E-state index in [0.717, 1.165) is 55.2 Å². The quantitative estimate of drug-likeness (QED) is 0.785. The number of hydrogen-bond acceptors (Lipinski definition) is 3. The van der Waals surface area contributed by atoms with Crippen molar-refractivity contribution in [3.05, 3.63) is 33.4 Å². The van der Waals surface area contributed by atoms with Gasteiger partial charge in [0.05, 0.1) is 16.7 Å². The number of rotatable bonds is 6. The van der Waals surface area contributed by atoms with Gasteiger partial charge in [-0.15, -0.1) is 0 Å². The topological polar surface area (TPSA) is 71.4 Å². The van der Waals surface area contributed by atoms with E-state index in [1.54, 1.807) is 0 Å². The smallest absolute Gasteiger partial charge is 0.102 e. The van der Waals surface area contributed by atoms with Crippen molar-refractivity contribution in [3.8, 4) is 18.2 Å². The first-order valence-electron chi connectivity index (χ1n) is 7.60. The summed E-state index contributed by atoms with van der Waals surface area (Å²) in [7, 11) is 0. The van der Waals surface area contributed by atoms with E-state index in [0.29, 0.717) is 11.1 Å². The van der Waals surface area contributed by atoms with Crippen LogP contribution in [0.1, 0.15) is 73.4 Å². The third-order valence-electron chi connectivity index (χ3n) is 3.67. The Morgan fingerprint density at radius 2 is 0.905 bits per heavy atom. The molecule has 0 aliphatic heterocycles. The Morgan fingerprint density at radius 1 is 0.571 bits per heavy atom. The molecule has 0 bridgehead atoms. The number of nitriles is 3. The molecule has 0 aliphatic carbocycles. The van der Waals surface area contributed by atoms with Crippen molar-refractivity contribution in [1.82, 2.24) is 0 Å². The van der Waals surface area contributed by atoms with Gasteiger partial charge in [0.15, 0.2) is 0 Å². The predicted molar refractivity (Wildman–Crippen MR) is 82.6 cm³/mol. The maximum Gasteiger partial charge on any atom is 0.102 e. The molecule has 0 unspecified atom stereocenters. The zero-order valence-corrected chi connectivity index (χ0v) is 13.1. The Labute approximate surface area is 127 Å². The SMILES string of the molecule is CCCc1c(C#N)c(C#N)c(C#N)c(CCC)c1CCC. The fourth-order valence-corrected chi connectivity index (χ4v) is 2.87. The van der Waals surface area contributed by atoms with Crippen LogP contribution in [0.2, 0.25) is 0 Å². The first-order chi connectivity index (χ1) is 10.2. The molecule has 0 saturated heterocycles. The van der Waals surface area contributed by atoms with Gasteiger partial charge in [-0.05, 0) is 36.0 Å². The standard InChI is InChI=1S/C18H21N3/c1-4-7-13-14(8-5-2)16(10-19)18(12-21)17(11-20)15(13)9-6-3/h4-9H2,1-3H3. The number of nitrogens with zero attached hydrogens (tertiary/aromatic N) is 3. The Kier molecular flexibility index (Phi) is 6.45. The summed E-state index contributed by atoms with van der Waals surface area (Å²) in [4.78, 5) is 0. The summed E-state index contributed by atoms with van der Waals surface area (Å²) < 4.78 is 0.